The maximum absolute atomic E-state index is 14.2. The Bertz CT molecular complexity index is 1530. The lowest BCUT2D eigenvalue weighted by Gasteiger charge is -2.27. The van der Waals surface area contributed by atoms with Crippen LogP contribution in [0.1, 0.15) is 69.3 Å². The van der Waals surface area contributed by atoms with Crippen LogP contribution in [-0.2, 0) is 10.3 Å². The van der Waals surface area contributed by atoms with Gasteiger partial charge < -0.3 is 20.7 Å². The normalized spacial score (nSPS) is 16.1. The standard InChI is InChI=1S/C31H38ClFN8O3S/c1-19(2)41(45-34)25(43)30(13-14-30)17-35-24(42)20-5-11-23(12-6-20)36-26-37-27(39-28(38-26)44-18-29(3,4)33)40-31(15-16-31)21-7-9-22(32)10-8-21/h5-12,19H,13-18,34H2,1-4H3,(H,35,42)(H2,36,37,38,39,40). The molecule has 45 heavy (non-hydrogen) atoms. The third-order valence-electron chi connectivity index (χ3n) is 7.74. The number of anilines is 3. The second kappa shape index (κ2) is 13.0. The van der Waals surface area contributed by atoms with Crippen molar-refractivity contribution in [2.24, 2.45) is 10.6 Å². The summed E-state index contributed by atoms with van der Waals surface area (Å²) < 4.78 is 21.4. The molecule has 0 radical (unpaired) electrons. The van der Waals surface area contributed by atoms with Crippen LogP contribution < -0.4 is 25.8 Å². The highest BCUT2D eigenvalue weighted by molar-refractivity contribution is 7.95. The zero-order valence-corrected chi connectivity index (χ0v) is 27.3. The lowest BCUT2D eigenvalue weighted by atomic mass is 10.1. The Balaban J connectivity index is 1.27. The van der Waals surface area contributed by atoms with E-state index in [0.29, 0.717) is 29.1 Å². The molecule has 0 spiro atoms. The van der Waals surface area contributed by atoms with Gasteiger partial charge in [-0.2, -0.15) is 15.0 Å². The molecule has 0 saturated heterocycles. The fourth-order valence-electron chi connectivity index (χ4n) is 4.80. The van der Waals surface area contributed by atoms with Gasteiger partial charge in [-0.05, 0) is 95.3 Å². The Morgan fingerprint density at radius 3 is 2.24 bits per heavy atom. The predicted octanol–water partition coefficient (Wildman–Crippen LogP) is 5.77. The van der Waals surface area contributed by atoms with Crippen molar-refractivity contribution in [3.05, 3.63) is 64.7 Å². The summed E-state index contributed by atoms with van der Waals surface area (Å²) in [5.74, 6) is 0.112. The van der Waals surface area contributed by atoms with Gasteiger partial charge in [0.1, 0.15) is 12.3 Å². The Hall–Kier alpha value is -3.68. The molecule has 240 valence electrons. The van der Waals surface area contributed by atoms with E-state index >= 15 is 0 Å². The summed E-state index contributed by atoms with van der Waals surface area (Å²) in [7, 11) is 0. The number of nitrogens with one attached hydrogen (secondary N) is 3. The van der Waals surface area contributed by atoms with Crippen LogP contribution >= 0.6 is 23.7 Å². The second-order valence-corrected chi connectivity index (χ2v) is 13.5. The molecule has 3 aromatic rings. The summed E-state index contributed by atoms with van der Waals surface area (Å²) in [6, 6.07) is 14.3. The minimum atomic E-state index is -1.59. The molecule has 14 heteroatoms. The monoisotopic (exact) mass is 656 g/mol. The van der Waals surface area contributed by atoms with E-state index in [9.17, 15) is 14.0 Å². The molecule has 0 atom stereocenters. The van der Waals surface area contributed by atoms with Crippen molar-refractivity contribution in [2.45, 2.75) is 70.6 Å². The zero-order valence-electron chi connectivity index (χ0n) is 25.7. The molecule has 11 nitrogen and oxygen atoms in total. The summed E-state index contributed by atoms with van der Waals surface area (Å²) in [4.78, 5) is 39.2. The topological polar surface area (TPSA) is 147 Å². The average Bonchev–Trinajstić information content (AvgIpc) is 3.93. The van der Waals surface area contributed by atoms with Crippen LogP contribution in [0.25, 0.3) is 0 Å². The lowest BCUT2D eigenvalue weighted by molar-refractivity contribution is -0.132. The van der Waals surface area contributed by atoms with Gasteiger partial charge >= 0.3 is 6.01 Å². The molecule has 2 aliphatic carbocycles. The molecule has 2 saturated carbocycles. The SMILES string of the molecule is CC(C)N(SN)C(=O)C1(CNC(=O)c2ccc(Nc3nc(NC4(c5ccc(Cl)cc5)CC4)nc(OCC(C)(C)F)n3)cc2)CC1. The number of ether oxygens (including phenoxy) is 1. The summed E-state index contributed by atoms with van der Waals surface area (Å²) in [5.41, 5.74) is -0.453. The molecule has 2 fully saturated rings. The molecule has 5 N–H and O–H groups in total. The number of aromatic nitrogens is 3. The highest BCUT2D eigenvalue weighted by atomic mass is 35.5. The number of carbonyl (C=O) groups is 2. The Morgan fingerprint density at radius 1 is 1.04 bits per heavy atom. The van der Waals surface area contributed by atoms with Gasteiger partial charge in [-0.15, -0.1) is 0 Å². The van der Waals surface area contributed by atoms with Crippen LogP contribution in [0, 0.1) is 5.41 Å². The smallest absolute Gasteiger partial charge is 0.323 e. The molecule has 0 aliphatic heterocycles. The molecule has 2 amide bonds. The quantitative estimate of drug-likeness (QED) is 0.158. The maximum atomic E-state index is 14.2. The number of carbonyl (C=O) groups excluding carboxylic acids is 2. The van der Waals surface area contributed by atoms with E-state index in [1.165, 1.54) is 13.8 Å². The third kappa shape index (κ3) is 8.13. The van der Waals surface area contributed by atoms with Gasteiger partial charge in [-0.25, -0.2) is 4.39 Å². The van der Waals surface area contributed by atoms with Crippen molar-refractivity contribution in [3.8, 4) is 6.01 Å². The van der Waals surface area contributed by atoms with E-state index < -0.39 is 11.1 Å². The minimum Gasteiger partial charge on any atom is -0.460 e. The zero-order chi connectivity index (χ0) is 32.4. The van der Waals surface area contributed by atoms with Crippen molar-refractivity contribution >= 4 is 53.1 Å². The Morgan fingerprint density at radius 2 is 1.69 bits per heavy atom. The van der Waals surface area contributed by atoms with E-state index in [1.807, 2.05) is 38.1 Å². The number of benzene rings is 2. The van der Waals surface area contributed by atoms with Gasteiger partial charge in [0.05, 0.1) is 11.0 Å². The van der Waals surface area contributed by atoms with Crippen LogP contribution in [0.3, 0.4) is 0 Å². The van der Waals surface area contributed by atoms with Gasteiger partial charge in [-0.1, -0.05) is 23.7 Å². The number of hydrogen-bond acceptors (Lipinski definition) is 10. The summed E-state index contributed by atoms with van der Waals surface area (Å²) in [6.45, 7) is 6.62. The molecular formula is C31H38ClFN8O3S. The van der Waals surface area contributed by atoms with Crippen LogP contribution in [-0.4, -0.2) is 55.9 Å². The van der Waals surface area contributed by atoms with Gasteiger partial charge in [0.15, 0.2) is 0 Å². The number of amides is 2. The minimum absolute atomic E-state index is 0.0313. The highest BCUT2D eigenvalue weighted by Crippen LogP contribution is 2.49. The van der Waals surface area contributed by atoms with Crippen LogP contribution in [0.4, 0.5) is 22.0 Å². The number of hydrogen-bond donors (Lipinski definition) is 4. The van der Waals surface area contributed by atoms with Crippen molar-refractivity contribution in [1.82, 2.24) is 24.6 Å². The molecule has 1 heterocycles. The van der Waals surface area contributed by atoms with E-state index in [0.717, 1.165) is 30.5 Å². The number of nitrogens with two attached hydrogens (primary N) is 1. The predicted molar refractivity (Wildman–Crippen MR) is 174 cm³/mol. The molecule has 1 aromatic heterocycles. The third-order valence-corrected chi connectivity index (χ3v) is 8.80. The van der Waals surface area contributed by atoms with Gasteiger partial charge in [-0.3, -0.25) is 19.0 Å². The van der Waals surface area contributed by atoms with Crippen molar-refractivity contribution in [2.75, 3.05) is 23.8 Å². The van der Waals surface area contributed by atoms with Crippen LogP contribution in [0.5, 0.6) is 6.01 Å². The first-order valence-electron chi connectivity index (χ1n) is 14.8. The van der Waals surface area contributed by atoms with Crippen molar-refractivity contribution in [3.63, 3.8) is 0 Å². The van der Waals surface area contributed by atoms with E-state index in [1.54, 1.807) is 28.6 Å². The summed E-state index contributed by atoms with van der Waals surface area (Å²) >= 11 is 7.00. The molecule has 2 aliphatic rings. The molecule has 2 aromatic carbocycles. The van der Waals surface area contributed by atoms with E-state index in [4.69, 9.17) is 21.5 Å². The van der Waals surface area contributed by atoms with Crippen LogP contribution in [0.15, 0.2) is 48.5 Å². The average molecular weight is 657 g/mol. The number of alkyl halides is 1. The number of halogens is 2. The van der Waals surface area contributed by atoms with Crippen molar-refractivity contribution in [1.29, 1.82) is 0 Å². The molecule has 5 rings (SSSR count). The maximum Gasteiger partial charge on any atom is 0.323 e. The number of nitrogens with zero attached hydrogens (tertiary/aromatic N) is 4. The summed E-state index contributed by atoms with van der Waals surface area (Å²) in [5, 5.41) is 15.8. The fourth-order valence-corrected chi connectivity index (χ4v) is 5.46. The summed E-state index contributed by atoms with van der Waals surface area (Å²) in [6.07, 6.45) is 3.16. The first-order valence-corrected chi connectivity index (χ1v) is 16.0. The van der Waals surface area contributed by atoms with Gasteiger partial charge in [0.2, 0.25) is 17.8 Å². The van der Waals surface area contributed by atoms with Crippen molar-refractivity contribution < 1.29 is 18.7 Å². The van der Waals surface area contributed by atoms with E-state index in [2.05, 4.69) is 30.9 Å². The Kier molecular flexibility index (Phi) is 9.43. The molecule has 0 bridgehead atoms. The largest absolute Gasteiger partial charge is 0.460 e. The highest BCUT2D eigenvalue weighted by Gasteiger charge is 2.52. The lowest BCUT2D eigenvalue weighted by Crippen LogP contribution is -2.43. The molecule has 0 unspecified atom stereocenters. The fraction of sp³-hybridized carbons (Fsp3) is 0.452. The van der Waals surface area contributed by atoms with Crippen LogP contribution in [0.2, 0.25) is 5.02 Å². The first kappa shape index (κ1) is 32.7. The van der Waals surface area contributed by atoms with E-state index in [-0.39, 0.29) is 54.5 Å². The van der Waals surface area contributed by atoms with Gasteiger partial charge in [0.25, 0.3) is 5.91 Å². The van der Waals surface area contributed by atoms with Gasteiger partial charge in [0, 0.05) is 41.0 Å². The second-order valence-electron chi connectivity index (χ2n) is 12.5. The first-order chi connectivity index (χ1) is 21.3. The number of rotatable bonds is 14. The Labute approximate surface area is 271 Å². The molecular weight excluding hydrogens is 619 g/mol.